The van der Waals surface area contributed by atoms with Gasteiger partial charge in [-0.3, -0.25) is 0 Å². The van der Waals surface area contributed by atoms with Crippen LogP contribution in [0.15, 0.2) is 60.7 Å². The van der Waals surface area contributed by atoms with Crippen LogP contribution < -0.4 is 5.32 Å². The van der Waals surface area contributed by atoms with Crippen LogP contribution in [0.2, 0.25) is 0 Å². The van der Waals surface area contributed by atoms with Gasteiger partial charge in [0.15, 0.2) is 0 Å². The maximum Gasteiger partial charge on any atom is 0.0627 e. The second-order valence-corrected chi connectivity index (χ2v) is 8.05. The van der Waals surface area contributed by atoms with E-state index in [1.54, 1.807) is 0 Å². The molecule has 0 unspecified atom stereocenters. The lowest BCUT2D eigenvalue weighted by atomic mass is 9.64. The largest absolute Gasteiger partial charge is 0.303 e. The molecule has 136 valence electrons. The third-order valence-electron chi connectivity index (χ3n) is 6.31. The van der Waals surface area contributed by atoms with Gasteiger partial charge in [0.05, 0.1) is 12.1 Å². The molecule has 0 spiro atoms. The molecular formula is C24H30N2. The third-order valence-corrected chi connectivity index (χ3v) is 6.31. The topological polar surface area (TPSA) is 35.8 Å². The summed E-state index contributed by atoms with van der Waals surface area (Å²) in [5, 5.41) is 13.2. The van der Waals surface area contributed by atoms with Crippen LogP contribution in [-0.2, 0) is 0 Å². The highest BCUT2D eigenvalue weighted by Gasteiger charge is 2.38. The van der Waals surface area contributed by atoms with Crippen molar-refractivity contribution in [1.82, 2.24) is 5.32 Å². The molecule has 1 aliphatic rings. The Kier molecular flexibility index (Phi) is 6.12. The van der Waals surface area contributed by atoms with Crippen LogP contribution in [0.5, 0.6) is 0 Å². The number of rotatable bonds is 6. The van der Waals surface area contributed by atoms with Crippen molar-refractivity contribution in [2.45, 2.75) is 58.0 Å². The molecule has 1 saturated carbocycles. The van der Waals surface area contributed by atoms with Gasteiger partial charge in [0.2, 0.25) is 0 Å². The van der Waals surface area contributed by atoms with Crippen LogP contribution in [0.3, 0.4) is 0 Å². The minimum atomic E-state index is 0.210. The predicted octanol–water partition coefficient (Wildman–Crippen LogP) is 5.86. The molecule has 3 rings (SSSR count). The molecule has 1 aliphatic carbocycles. The molecule has 26 heavy (non-hydrogen) atoms. The van der Waals surface area contributed by atoms with Gasteiger partial charge in [0.1, 0.15) is 0 Å². The van der Waals surface area contributed by atoms with E-state index in [0.717, 1.165) is 25.7 Å². The molecule has 0 atom stereocenters. The lowest BCUT2D eigenvalue weighted by Gasteiger charge is -2.43. The zero-order chi connectivity index (χ0) is 18.4. The molecule has 1 fully saturated rings. The lowest BCUT2D eigenvalue weighted by Crippen LogP contribution is -2.41. The lowest BCUT2D eigenvalue weighted by molar-refractivity contribution is 0.104. The molecular weight excluding hydrogens is 316 g/mol. The Hall–Kier alpha value is -2.11. The fourth-order valence-corrected chi connectivity index (χ4v) is 4.39. The van der Waals surface area contributed by atoms with E-state index in [2.05, 4.69) is 85.9 Å². The quantitative estimate of drug-likeness (QED) is 0.710. The molecule has 0 aromatic heterocycles. The average molecular weight is 347 g/mol. The number of nitrogens with zero attached hydrogens (tertiary/aromatic N) is 1. The molecule has 0 radical (unpaired) electrons. The molecule has 2 nitrogen and oxygen atoms in total. The van der Waals surface area contributed by atoms with Gasteiger partial charge in [-0.2, -0.15) is 5.26 Å². The van der Waals surface area contributed by atoms with Gasteiger partial charge in [-0.1, -0.05) is 74.5 Å². The van der Waals surface area contributed by atoms with Crippen LogP contribution in [0.25, 0.3) is 0 Å². The summed E-state index contributed by atoms with van der Waals surface area (Å²) in [6.07, 6.45) is 5.28. The Balaban J connectivity index is 1.74. The number of hydrogen-bond acceptors (Lipinski definition) is 2. The van der Waals surface area contributed by atoms with E-state index in [1.807, 2.05) is 0 Å². The highest BCUT2D eigenvalue weighted by molar-refractivity contribution is 5.31. The zero-order valence-electron chi connectivity index (χ0n) is 16.0. The van der Waals surface area contributed by atoms with Gasteiger partial charge in [0.25, 0.3) is 0 Å². The SMILES string of the molecule is CC(C)C1(CC#N)CCC(NC(c2ccccc2)c2ccccc2)CC1. The van der Waals surface area contributed by atoms with Crippen LogP contribution in [-0.4, -0.2) is 6.04 Å². The zero-order valence-corrected chi connectivity index (χ0v) is 16.0. The summed E-state index contributed by atoms with van der Waals surface area (Å²) in [5.41, 5.74) is 2.84. The number of nitrogens with one attached hydrogen (secondary N) is 1. The molecule has 0 saturated heterocycles. The molecule has 0 aliphatic heterocycles. The maximum absolute atomic E-state index is 9.28. The maximum atomic E-state index is 9.28. The Labute approximate surface area is 158 Å². The van der Waals surface area contributed by atoms with Crippen molar-refractivity contribution in [3.63, 3.8) is 0 Å². The van der Waals surface area contributed by atoms with E-state index in [0.29, 0.717) is 18.4 Å². The molecule has 0 heterocycles. The van der Waals surface area contributed by atoms with Gasteiger partial charge < -0.3 is 5.32 Å². The van der Waals surface area contributed by atoms with Crippen LogP contribution in [0.4, 0.5) is 0 Å². The molecule has 0 amide bonds. The van der Waals surface area contributed by atoms with Gasteiger partial charge in [-0.05, 0) is 48.1 Å². The summed E-state index contributed by atoms with van der Waals surface area (Å²) >= 11 is 0. The second kappa shape index (κ2) is 8.52. The van der Waals surface area contributed by atoms with Crippen molar-refractivity contribution in [3.8, 4) is 6.07 Å². The van der Waals surface area contributed by atoms with Crippen molar-refractivity contribution in [3.05, 3.63) is 71.8 Å². The first-order valence-electron chi connectivity index (χ1n) is 9.87. The van der Waals surface area contributed by atoms with Crippen LogP contribution in [0.1, 0.15) is 63.1 Å². The minimum Gasteiger partial charge on any atom is -0.303 e. The van der Waals surface area contributed by atoms with Crippen LogP contribution >= 0.6 is 0 Å². The first kappa shape index (κ1) is 18.7. The van der Waals surface area contributed by atoms with Crippen LogP contribution in [0, 0.1) is 22.7 Å². The van der Waals surface area contributed by atoms with Crippen molar-refractivity contribution in [1.29, 1.82) is 5.26 Å². The smallest absolute Gasteiger partial charge is 0.0627 e. The fraction of sp³-hybridized carbons (Fsp3) is 0.458. The Morgan fingerprint density at radius 1 is 0.962 bits per heavy atom. The van der Waals surface area contributed by atoms with E-state index in [4.69, 9.17) is 0 Å². The highest BCUT2D eigenvalue weighted by atomic mass is 15.0. The summed E-state index contributed by atoms with van der Waals surface area (Å²) in [5.74, 6) is 0.571. The predicted molar refractivity (Wildman–Crippen MR) is 108 cm³/mol. The molecule has 1 N–H and O–H groups in total. The third kappa shape index (κ3) is 4.17. The number of hydrogen-bond donors (Lipinski definition) is 1. The summed E-state index contributed by atoms with van der Waals surface area (Å²) in [6.45, 7) is 4.56. The second-order valence-electron chi connectivity index (χ2n) is 8.05. The van der Waals surface area contributed by atoms with Crippen molar-refractivity contribution < 1.29 is 0 Å². The van der Waals surface area contributed by atoms with Gasteiger partial charge in [-0.25, -0.2) is 0 Å². The molecule has 2 heteroatoms. The summed E-state index contributed by atoms with van der Waals surface area (Å²) in [7, 11) is 0. The van der Waals surface area contributed by atoms with E-state index in [9.17, 15) is 5.26 Å². The van der Waals surface area contributed by atoms with E-state index >= 15 is 0 Å². The van der Waals surface area contributed by atoms with Crippen molar-refractivity contribution >= 4 is 0 Å². The van der Waals surface area contributed by atoms with Gasteiger partial charge in [-0.15, -0.1) is 0 Å². The normalized spacial score (nSPS) is 23.1. The van der Waals surface area contributed by atoms with Crippen molar-refractivity contribution in [2.24, 2.45) is 11.3 Å². The summed E-state index contributed by atoms with van der Waals surface area (Å²) in [6, 6.07) is 24.6. The minimum absolute atomic E-state index is 0.210. The summed E-state index contributed by atoms with van der Waals surface area (Å²) < 4.78 is 0. The molecule has 0 bridgehead atoms. The monoisotopic (exact) mass is 346 g/mol. The number of nitriles is 1. The molecule has 2 aromatic rings. The van der Waals surface area contributed by atoms with Gasteiger partial charge >= 0.3 is 0 Å². The Morgan fingerprint density at radius 2 is 1.46 bits per heavy atom. The Morgan fingerprint density at radius 3 is 1.88 bits per heavy atom. The van der Waals surface area contributed by atoms with E-state index < -0.39 is 0 Å². The first-order valence-corrected chi connectivity index (χ1v) is 9.87. The summed E-state index contributed by atoms with van der Waals surface area (Å²) in [4.78, 5) is 0. The van der Waals surface area contributed by atoms with E-state index in [1.165, 1.54) is 11.1 Å². The number of benzene rings is 2. The fourth-order valence-electron chi connectivity index (χ4n) is 4.39. The van der Waals surface area contributed by atoms with E-state index in [-0.39, 0.29) is 11.5 Å². The highest BCUT2D eigenvalue weighted by Crippen LogP contribution is 2.45. The first-order chi connectivity index (χ1) is 12.6. The Bertz CT molecular complexity index is 667. The van der Waals surface area contributed by atoms with Gasteiger partial charge in [0, 0.05) is 12.5 Å². The van der Waals surface area contributed by atoms with Crippen molar-refractivity contribution in [2.75, 3.05) is 0 Å². The standard InChI is InChI=1S/C24H30N2/c1-19(2)24(17-18-25)15-13-22(14-16-24)26-23(20-9-5-3-6-10-20)21-11-7-4-8-12-21/h3-12,19,22-23,26H,13-17H2,1-2H3. The average Bonchev–Trinajstić information content (AvgIpc) is 2.69. The molecule has 2 aromatic carbocycles.